The van der Waals surface area contributed by atoms with Crippen molar-refractivity contribution in [2.45, 2.75) is 0 Å². The fourth-order valence-electron chi connectivity index (χ4n) is 8.51. The van der Waals surface area contributed by atoms with Crippen LogP contribution in [0.3, 0.4) is 0 Å². The predicted octanol–water partition coefficient (Wildman–Crippen LogP) is 10.6. The van der Waals surface area contributed by atoms with Crippen molar-refractivity contribution in [2.24, 2.45) is 0 Å². The van der Waals surface area contributed by atoms with Crippen LogP contribution < -0.4 is 20.7 Å². The van der Waals surface area contributed by atoms with Gasteiger partial charge < -0.3 is 0 Å². The Morgan fingerprint density at radius 3 is 1.50 bits per heavy atom. The summed E-state index contributed by atoms with van der Waals surface area (Å²) in [6.45, 7) is 0. The van der Waals surface area contributed by atoms with Crippen LogP contribution in [-0.2, 0) is 0 Å². The molecular weight excluding hydrogens is 637 g/mol. The van der Waals surface area contributed by atoms with Crippen molar-refractivity contribution in [3.8, 4) is 11.1 Å². The maximum Gasteiger partial charge on any atom is 0.180 e. The van der Waals surface area contributed by atoms with Gasteiger partial charge in [0.05, 0.1) is 0 Å². The van der Waals surface area contributed by atoms with E-state index in [1.54, 1.807) is 0 Å². The highest BCUT2D eigenvalue weighted by atomic mass is 32.1. The van der Waals surface area contributed by atoms with Crippen LogP contribution in [0.25, 0.3) is 63.6 Å². The molecule has 2 heteroatoms. The van der Waals surface area contributed by atoms with Crippen molar-refractivity contribution >= 4 is 92.6 Å². The Morgan fingerprint density at radius 1 is 0.340 bits per heavy atom. The summed E-state index contributed by atoms with van der Waals surface area (Å²) >= 11 is 1.90. The van der Waals surface area contributed by atoms with E-state index in [9.17, 15) is 0 Å². The maximum atomic E-state index is 2.52. The molecule has 0 unspecified atom stereocenters. The highest BCUT2D eigenvalue weighted by Crippen LogP contribution is 2.40. The predicted molar refractivity (Wildman–Crippen MR) is 221 cm³/mol. The summed E-state index contributed by atoms with van der Waals surface area (Å²) in [6, 6.07) is 72.9. The van der Waals surface area contributed by atoms with Crippen molar-refractivity contribution in [3.05, 3.63) is 194 Å². The quantitative estimate of drug-likeness (QED) is 0.0973. The van der Waals surface area contributed by atoms with Crippen molar-refractivity contribution < 1.29 is 0 Å². The molecule has 9 aromatic carbocycles. The number of hydrogen-bond acceptors (Lipinski definition) is 1. The number of thiophene rings is 1. The summed E-state index contributed by atoms with van der Waals surface area (Å²) in [7, 11) is -2.93. The Labute approximate surface area is 296 Å². The number of benzene rings is 9. The summed E-state index contributed by atoms with van der Waals surface area (Å²) in [5.41, 5.74) is 2.56. The fourth-order valence-corrected chi connectivity index (χ4v) is 14.8. The van der Waals surface area contributed by atoms with Gasteiger partial charge >= 0.3 is 0 Å². The molecule has 10 rings (SSSR count). The number of hydrogen-bond donors (Lipinski definition) is 0. The monoisotopic (exact) mass is 668 g/mol. The van der Waals surface area contributed by atoms with Crippen LogP contribution in [0.4, 0.5) is 0 Å². The lowest BCUT2D eigenvalue weighted by Gasteiger charge is -2.36. The Bertz CT molecular complexity index is 2780. The molecule has 10 aromatic rings. The van der Waals surface area contributed by atoms with Crippen LogP contribution in [0.15, 0.2) is 194 Å². The summed E-state index contributed by atoms with van der Waals surface area (Å²) in [5, 5.41) is 16.1. The van der Waals surface area contributed by atoms with Crippen molar-refractivity contribution in [1.82, 2.24) is 0 Å². The minimum atomic E-state index is -2.93. The highest BCUT2D eigenvalue weighted by molar-refractivity contribution is 7.26. The summed E-state index contributed by atoms with van der Waals surface area (Å²) < 4.78 is 2.68. The van der Waals surface area contributed by atoms with E-state index >= 15 is 0 Å². The molecular formula is C48H32SSi. The molecule has 1 aromatic heterocycles. The molecule has 0 fully saturated rings. The van der Waals surface area contributed by atoms with E-state index in [0.29, 0.717) is 0 Å². The first-order valence-electron chi connectivity index (χ1n) is 17.3. The third-order valence-corrected chi connectivity index (χ3v) is 16.6. The van der Waals surface area contributed by atoms with Gasteiger partial charge in [-0.2, -0.15) is 0 Å². The molecule has 0 nitrogen and oxygen atoms in total. The topological polar surface area (TPSA) is 0 Å². The SMILES string of the molecule is c1ccc([Si](c2ccccc2)(c2cccc(-c3cccc4c3sc3ccccc34)c2)c2cccc3c4ccccc4c4ccccc4c23)cc1. The standard InChI is InChI=1S/C48H32SSi/c1-3-17-34(18-4-1)50(35-19-5-2-6-20-35,46-31-15-28-43-40-23-8-7-22-38(40)39-24-9-10-26-42(39)47(43)46)36-21-13-16-33(32-36)37-27-14-29-44-41-25-11-12-30-45(41)49-48(37)44/h1-32H. The Kier molecular flexibility index (Phi) is 6.80. The van der Waals surface area contributed by atoms with Crippen LogP contribution in [-0.4, -0.2) is 8.07 Å². The zero-order chi connectivity index (χ0) is 33.1. The van der Waals surface area contributed by atoms with Gasteiger partial charge in [-0.1, -0.05) is 188 Å². The van der Waals surface area contributed by atoms with Crippen LogP contribution in [0, 0.1) is 0 Å². The van der Waals surface area contributed by atoms with E-state index < -0.39 is 8.07 Å². The van der Waals surface area contributed by atoms with Crippen LogP contribution in [0.1, 0.15) is 0 Å². The normalized spacial score (nSPS) is 12.0. The van der Waals surface area contributed by atoms with Crippen LogP contribution in [0.5, 0.6) is 0 Å². The van der Waals surface area contributed by atoms with Gasteiger partial charge in [0.25, 0.3) is 0 Å². The number of rotatable bonds is 5. The van der Waals surface area contributed by atoms with Crippen LogP contribution >= 0.6 is 11.3 Å². The van der Waals surface area contributed by atoms with Gasteiger partial charge in [0.1, 0.15) is 0 Å². The van der Waals surface area contributed by atoms with Gasteiger partial charge in [-0.05, 0) is 70.3 Å². The van der Waals surface area contributed by atoms with Gasteiger partial charge in [0, 0.05) is 20.2 Å². The second kappa shape index (κ2) is 11.7. The molecule has 0 saturated carbocycles. The van der Waals surface area contributed by atoms with Gasteiger partial charge in [-0.25, -0.2) is 0 Å². The molecule has 50 heavy (non-hydrogen) atoms. The van der Waals surface area contributed by atoms with Gasteiger partial charge in [-0.3, -0.25) is 0 Å². The molecule has 0 aliphatic heterocycles. The third kappa shape index (κ3) is 4.29. The molecule has 0 bridgehead atoms. The molecule has 234 valence electrons. The maximum absolute atomic E-state index is 2.93. The van der Waals surface area contributed by atoms with E-state index in [-0.39, 0.29) is 0 Å². The molecule has 0 spiro atoms. The molecule has 0 saturated heterocycles. The van der Waals surface area contributed by atoms with Crippen molar-refractivity contribution in [3.63, 3.8) is 0 Å². The van der Waals surface area contributed by atoms with E-state index in [1.165, 1.54) is 84.4 Å². The molecule has 1 heterocycles. The van der Waals surface area contributed by atoms with Gasteiger partial charge in [-0.15, -0.1) is 11.3 Å². The first-order chi connectivity index (χ1) is 24.8. The lowest BCUT2D eigenvalue weighted by molar-refractivity contribution is 1.66. The van der Waals surface area contributed by atoms with Crippen molar-refractivity contribution in [1.29, 1.82) is 0 Å². The zero-order valence-electron chi connectivity index (χ0n) is 27.4. The smallest absolute Gasteiger partial charge is 0.135 e. The number of fused-ring (bicyclic) bond motifs is 9. The molecule has 0 radical (unpaired) electrons. The first-order valence-corrected chi connectivity index (χ1v) is 20.1. The molecule has 0 aliphatic carbocycles. The minimum absolute atomic E-state index is 1.26. The largest absolute Gasteiger partial charge is 0.180 e. The summed E-state index contributed by atoms with van der Waals surface area (Å²) in [5.74, 6) is 0. The Morgan fingerprint density at radius 2 is 0.820 bits per heavy atom. The van der Waals surface area contributed by atoms with E-state index in [2.05, 4.69) is 194 Å². The second-order valence-corrected chi connectivity index (χ2v) is 18.0. The average molecular weight is 669 g/mol. The Balaban J connectivity index is 1.36. The van der Waals surface area contributed by atoms with E-state index in [0.717, 1.165) is 0 Å². The molecule has 0 atom stereocenters. The lowest BCUT2D eigenvalue weighted by Crippen LogP contribution is -2.74. The second-order valence-electron chi connectivity index (χ2n) is 13.2. The first kappa shape index (κ1) is 29.1. The van der Waals surface area contributed by atoms with Crippen molar-refractivity contribution in [2.75, 3.05) is 0 Å². The van der Waals surface area contributed by atoms with E-state index in [1.807, 2.05) is 11.3 Å². The third-order valence-electron chi connectivity index (χ3n) is 10.6. The van der Waals surface area contributed by atoms with Gasteiger partial charge in [0.2, 0.25) is 0 Å². The minimum Gasteiger partial charge on any atom is -0.135 e. The average Bonchev–Trinajstić information content (AvgIpc) is 3.58. The van der Waals surface area contributed by atoms with Gasteiger partial charge in [0.15, 0.2) is 8.07 Å². The zero-order valence-corrected chi connectivity index (χ0v) is 29.2. The highest BCUT2D eigenvalue weighted by Gasteiger charge is 2.43. The fraction of sp³-hybridized carbons (Fsp3) is 0. The van der Waals surface area contributed by atoms with E-state index in [4.69, 9.17) is 0 Å². The summed E-state index contributed by atoms with van der Waals surface area (Å²) in [4.78, 5) is 0. The molecule has 0 aliphatic rings. The Hall–Kier alpha value is -5.80. The molecule has 0 N–H and O–H groups in total. The molecule has 0 amide bonds. The lowest BCUT2D eigenvalue weighted by atomic mass is 9.94. The summed E-state index contributed by atoms with van der Waals surface area (Å²) in [6.07, 6.45) is 0. The van der Waals surface area contributed by atoms with Crippen LogP contribution in [0.2, 0.25) is 0 Å².